The summed E-state index contributed by atoms with van der Waals surface area (Å²) in [5.41, 5.74) is 1.15. The van der Waals surface area contributed by atoms with Crippen LogP contribution in [0.4, 0.5) is 10.1 Å². The van der Waals surface area contributed by atoms with E-state index in [1.165, 1.54) is 18.0 Å². The molecule has 0 saturated heterocycles. The van der Waals surface area contributed by atoms with Crippen LogP contribution in [0, 0.1) is 5.82 Å². The first-order valence-corrected chi connectivity index (χ1v) is 8.63. The lowest BCUT2D eigenvalue weighted by Gasteiger charge is -2.31. The van der Waals surface area contributed by atoms with Crippen molar-refractivity contribution >= 4 is 33.2 Å². The first-order chi connectivity index (χ1) is 9.71. The quantitative estimate of drug-likeness (QED) is 0.844. The van der Waals surface area contributed by atoms with E-state index in [0.29, 0.717) is 18.7 Å². The minimum atomic E-state index is -3.45. The number of carbonyl (C=O) groups is 1. The van der Waals surface area contributed by atoms with Gasteiger partial charge >= 0.3 is 0 Å². The van der Waals surface area contributed by atoms with E-state index in [9.17, 15) is 17.6 Å². The van der Waals surface area contributed by atoms with Crippen molar-refractivity contribution in [2.45, 2.75) is 12.8 Å². The van der Waals surface area contributed by atoms with Crippen molar-refractivity contribution < 1.29 is 17.6 Å². The Balaban J connectivity index is 2.32. The normalized spacial score (nSPS) is 15.2. The van der Waals surface area contributed by atoms with Crippen molar-refractivity contribution in [3.8, 4) is 0 Å². The zero-order valence-electron chi connectivity index (χ0n) is 11.8. The first-order valence-electron chi connectivity index (χ1n) is 6.40. The highest BCUT2D eigenvalue weighted by atomic mass is 35.5. The number of halogens is 2. The summed E-state index contributed by atoms with van der Waals surface area (Å²) in [5.74, 6) is -1.01. The molecule has 0 N–H and O–H groups in total. The zero-order valence-corrected chi connectivity index (χ0v) is 13.3. The Hall–Kier alpha value is -1.18. The van der Waals surface area contributed by atoms with E-state index in [0.717, 1.165) is 22.5 Å². The lowest BCUT2D eigenvalue weighted by Crippen LogP contribution is -2.43. The van der Waals surface area contributed by atoms with Crippen LogP contribution in [0.15, 0.2) is 12.1 Å². The monoisotopic (exact) mass is 334 g/mol. The SMILES string of the molecule is CN(CC(=O)N1CCCc2ccc(F)c(Cl)c21)S(C)(=O)=O. The Kier molecular flexibility index (Phi) is 4.55. The number of anilines is 1. The summed E-state index contributed by atoms with van der Waals surface area (Å²) in [4.78, 5) is 13.7. The number of hydrogen-bond acceptors (Lipinski definition) is 3. The fourth-order valence-electron chi connectivity index (χ4n) is 2.26. The van der Waals surface area contributed by atoms with Gasteiger partial charge in [-0.3, -0.25) is 4.79 Å². The van der Waals surface area contributed by atoms with Crippen LogP contribution in [0.2, 0.25) is 5.02 Å². The average molecular weight is 335 g/mol. The Morgan fingerprint density at radius 3 is 2.76 bits per heavy atom. The second-order valence-electron chi connectivity index (χ2n) is 5.04. The topological polar surface area (TPSA) is 57.7 Å². The van der Waals surface area contributed by atoms with Gasteiger partial charge in [-0.1, -0.05) is 17.7 Å². The van der Waals surface area contributed by atoms with Crippen LogP contribution in [0.3, 0.4) is 0 Å². The van der Waals surface area contributed by atoms with Gasteiger partial charge in [-0.25, -0.2) is 12.8 Å². The highest BCUT2D eigenvalue weighted by Gasteiger charge is 2.28. The molecule has 0 fully saturated rings. The van der Waals surface area contributed by atoms with Gasteiger partial charge in [0.05, 0.1) is 18.5 Å². The number of sulfonamides is 1. The molecule has 0 radical (unpaired) electrons. The smallest absolute Gasteiger partial charge is 0.242 e. The van der Waals surface area contributed by atoms with E-state index in [1.54, 1.807) is 6.07 Å². The molecule has 0 spiro atoms. The van der Waals surface area contributed by atoms with Crippen molar-refractivity contribution in [1.82, 2.24) is 4.31 Å². The van der Waals surface area contributed by atoms with Gasteiger partial charge in [0.25, 0.3) is 0 Å². The number of nitrogens with zero attached hydrogens (tertiary/aromatic N) is 2. The summed E-state index contributed by atoms with van der Waals surface area (Å²) in [5, 5.41) is -0.0949. The Bertz CT molecular complexity index is 678. The number of rotatable bonds is 3. The summed E-state index contributed by atoms with van der Waals surface area (Å²) < 4.78 is 37.3. The molecule has 5 nitrogen and oxygen atoms in total. The fraction of sp³-hybridized carbons (Fsp3) is 0.462. The van der Waals surface area contributed by atoms with Gasteiger partial charge in [0.2, 0.25) is 15.9 Å². The molecular weight excluding hydrogens is 319 g/mol. The van der Waals surface area contributed by atoms with E-state index in [2.05, 4.69) is 0 Å². The third-order valence-electron chi connectivity index (χ3n) is 3.48. The highest BCUT2D eigenvalue weighted by molar-refractivity contribution is 7.88. The van der Waals surface area contributed by atoms with E-state index in [1.807, 2.05) is 0 Å². The molecule has 2 rings (SSSR count). The maximum Gasteiger partial charge on any atom is 0.242 e. The molecule has 21 heavy (non-hydrogen) atoms. The second-order valence-corrected chi connectivity index (χ2v) is 7.50. The zero-order chi connectivity index (χ0) is 15.8. The van der Waals surface area contributed by atoms with Crippen LogP contribution in [0.1, 0.15) is 12.0 Å². The molecule has 1 aliphatic heterocycles. The summed E-state index contributed by atoms with van der Waals surface area (Å²) in [7, 11) is -2.13. The first kappa shape index (κ1) is 16.2. The van der Waals surface area contributed by atoms with Crippen molar-refractivity contribution in [2.24, 2.45) is 0 Å². The summed E-state index contributed by atoms with van der Waals surface area (Å²) in [6, 6.07) is 2.88. The third kappa shape index (κ3) is 3.36. The Morgan fingerprint density at radius 1 is 1.48 bits per heavy atom. The summed E-state index contributed by atoms with van der Waals surface area (Å²) in [6.45, 7) is 0.0950. The molecule has 116 valence electrons. The lowest BCUT2D eigenvalue weighted by molar-refractivity contribution is -0.118. The van der Waals surface area contributed by atoms with Gasteiger partial charge in [0.15, 0.2) is 0 Å². The molecule has 0 aromatic heterocycles. The lowest BCUT2D eigenvalue weighted by atomic mass is 10.0. The number of benzene rings is 1. The van der Waals surface area contributed by atoms with Crippen LogP contribution >= 0.6 is 11.6 Å². The molecule has 0 atom stereocenters. The molecule has 1 amide bonds. The van der Waals surface area contributed by atoms with Gasteiger partial charge in [0, 0.05) is 13.6 Å². The minimum absolute atomic E-state index is 0.0949. The van der Waals surface area contributed by atoms with Crippen molar-refractivity contribution in [1.29, 1.82) is 0 Å². The molecule has 1 heterocycles. The largest absolute Gasteiger partial charge is 0.309 e. The maximum absolute atomic E-state index is 13.6. The van der Waals surface area contributed by atoms with E-state index in [-0.39, 0.29) is 11.6 Å². The number of fused-ring (bicyclic) bond motifs is 1. The van der Waals surface area contributed by atoms with E-state index < -0.39 is 21.7 Å². The van der Waals surface area contributed by atoms with Gasteiger partial charge in [-0.15, -0.1) is 0 Å². The molecule has 1 aromatic carbocycles. The summed E-state index contributed by atoms with van der Waals surface area (Å²) in [6.07, 6.45) is 2.46. The van der Waals surface area contributed by atoms with Crippen LogP contribution in [0.25, 0.3) is 0 Å². The fourth-order valence-corrected chi connectivity index (χ4v) is 2.89. The van der Waals surface area contributed by atoms with Crippen LogP contribution in [-0.4, -0.2) is 45.0 Å². The van der Waals surface area contributed by atoms with Crippen molar-refractivity contribution in [2.75, 3.05) is 31.3 Å². The predicted octanol–water partition coefficient (Wildman–Crippen LogP) is 1.65. The van der Waals surface area contributed by atoms with Gasteiger partial charge in [-0.2, -0.15) is 4.31 Å². The average Bonchev–Trinajstić information content (AvgIpc) is 2.41. The predicted molar refractivity (Wildman–Crippen MR) is 79.6 cm³/mol. The number of likely N-dealkylation sites (N-methyl/N-ethyl adjacent to an activating group) is 1. The maximum atomic E-state index is 13.6. The highest BCUT2D eigenvalue weighted by Crippen LogP contribution is 2.36. The number of amides is 1. The molecule has 0 saturated carbocycles. The third-order valence-corrected chi connectivity index (χ3v) is 5.10. The Morgan fingerprint density at radius 2 is 2.14 bits per heavy atom. The van der Waals surface area contributed by atoms with Crippen LogP contribution in [0.5, 0.6) is 0 Å². The van der Waals surface area contributed by atoms with Crippen LogP contribution in [-0.2, 0) is 21.2 Å². The molecule has 0 unspecified atom stereocenters. The van der Waals surface area contributed by atoms with Crippen molar-refractivity contribution in [3.05, 3.63) is 28.5 Å². The molecule has 8 heteroatoms. The van der Waals surface area contributed by atoms with Crippen LogP contribution < -0.4 is 4.90 Å². The second kappa shape index (κ2) is 5.90. The standard InChI is InChI=1S/C13H16ClFN2O3S/c1-16(21(2,19)20)8-11(18)17-7-3-4-9-5-6-10(15)12(14)13(9)17/h5-6H,3-4,7-8H2,1-2H3. The van der Waals surface area contributed by atoms with Crippen molar-refractivity contribution in [3.63, 3.8) is 0 Å². The molecule has 0 aliphatic carbocycles. The van der Waals surface area contributed by atoms with E-state index >= 15 is 0 Å². The van der Waals surface area contributed by atoms with Gasteiger partial charge < -0.3 is 4.90 Å². The molecular formula is C13H16ClFN2O3S. The van der Waals surface area contributed by atoms with E-state index in [4.69, 9.17) is 11.6 Å². The van der Waals surface area contributed by atoms with Gasteiger partial charge in [-0.05, 0) is 24.5 Å². The minimum Gasteiger partial charge on any atom is -0.309 e. The number of carbonyl (C=O) groups excluding carboxylic acids is 1. The number of hydrogen-bond donors (Lipinski definition) is 0. The molecule has 1 aliphatic rings. The summed E-state index contributed by atoms with van der Waals surface area (Å²) >= 11 is 5.98. The molecule has 0 bridgehead atoms. The van der Waals surface area contributed by atoms with Gasteiger partial charge in [0.1, 0.15) is 10.8 Å². The number of aryl methyl sites for hydroxylation is 1. The molecule has 1 aromatic rings. The Labute approximate surface area is 128 Å².